The Morgan fingerprint density at radius 1 is 1.41 bits per heavy atom. The number of nitrogens with one attached hydrogen (secondary N) is 1. The molecule has 0 radical (unpaired) electrons. The number of aryl methyl sites for hydroxylation is 1. The lowest BCUT2D eigenvalue weighted by atomic mass is 10.2. The van der Waals surface area contributed by atoms with Crippen LogP contribution < -0.4 is 10.2 Å². The Morgan fingerprint density at radius 2 is 2.14 bits per heavy atom. The van der Waals surface area contributed by atoms with Crippen LogP contribution >= 0.6 is 11.6 Å². The summed E-state index contributed by atoms with van der Waals surface area (Å²) in [6.07, 6.45) is 1.67. The van der Waals surface area contributed by atoms with Gasteiger partial charge in [0, 0.05) is 26.8 Å². The molecular formula is C15H20ClN5O. The van der Waals surface area contributed by atoms with Gasteiger partial charge in [-0.05, 0) is 26.0 Å². The summed E-state index contributed by atoms with van der Waals surface area (Å²) in [4.78, 5) is 18.3. The minimum Gasteiger partial charge on any atom is -0.362 e. The Labute approximate surface area is 135 Å². The molecule has 0 saturated heterocycles. The van der Waals surface area contributed by atoms with Crippen LogP contribution in [0.2, 0.25) is 5.02 Å². The molecule has 0 saturated carbocycles. The second kappa shape index (κ2) is 6.79. The summed E-state index contributed by atoms with van der Waals surface area (Å²) < 4.78 is 1.80. The number of pyridine rings is 1. The van der Waals surface area contributed by atoms with Crippen LogP contribution in [0.4, 0.5) is 5.82 Å². The molecule has 0 aromatic carbocycles. The van der Waals surface area contributed by atoms with E-state index in [1.165, 1.54) is 0 Å². The van der Waals surface area contributed by atoms with Gasteiger partial charge in [-0.2, -0.15) is 5.10 Å². The molecule has 0 unspecified atom stereocenters. The van der Waals surface area contributed by atoms with Crippen LogP contribution in [-0.2, 0) is 6.54 Å². The van der Waals surface area contributed by atoms with Crippen molar-refractivity contribution in [3.05, 3.63) is 40.3 Å². The molecule has 22 heavy (non-hydrogen) atoms. The minimum absolute atomic E-state index is 0.149. The Balaban J connectivity index is 2.00. The number of amides is 1. The number of aromatic nitrogens is 3. The van der Waals surface area contributed by atoms with Gasteiger partial charge in [0.15, 0.2) is 0 Å². The molecule has 0 aliphatic heterocycles. The van der Waals surface area contributed by atoms with Crippen LogP contribution in [-0.4, -0.2) is 41.3 Å². The summed E-state index contributed by atoms with van der Waals surface area (Å²) in [5.74, 6) is 0.499. The molecule has 2 aromatic heterocycles. The van der Waals surface area contributed by atoms with Gasteiger partial charge in [-0.3, -0.25) is 9.48 Å². The quantitative estimate of drug-likeness (QED) is 0.915. The fraction of sp³-hybridized carbons (Fsp3) is 0.400. The second-order valence-corrected chi connectivity index (χ2v) is 5.61. The Morgan fingerprint density at radius 3 is 2.73 bits per heavy atom. The summed E-state index contributed by atoms with van der Waals surface area (Å²) in [7, 11) is 3.72. The van der Waals surface area contributed by atoms with Crippen LogP contribution in [0.15, 0.2) is 18.3 Å². The van der Waals surface area contributed by atoms with E-state index in [1.807, 2.05) is 32.8 Å². The highest BCUT2D eigenvalue weighted by molar-refractivity contribution is 6.31. The molecule has 1 amide bonds. The fourth-order valence-electron chi connectivity index (χ4n) is 2.19. The van der Waals surface area contributed by atoms with Crippen molar-refractivity contribution in [3.8, 4) is 0 Å². The van der Waals surface area contributed by atoms with Crippen LogP contribution in [0, 0.1) is 13.8 Å². The first kappa shape index (κ1) is 16.3. The van der Waals surface area contributed by atoms with Gasteiger partial charge in [-0.15, -0.1) is 0 Å². The van der Waals surface area contributed by atoms with Gasteiger partial charge in [0.1, 0.15) is 5.82 Å². The molecule has 6 nitrogen and oxygen atoms in total. The standard InChI is InChI=1S/C15H20ClN5O/c1-10-13(16)11(2)21(19-10)9-8-18-15(22)12-6-5-7-17-14(12)20(3)4/h5-7H,8-9H2,1-4H3,(H,18,22). The fourth-order valence-corrected chi connectivity index (χ4v) is 2.33. The third-order valence-corrected chi connectivity index (χ3v) is 3.90. The van der Waals surface area contributed by atoms with Crippen molar-refractivity contribution < 1.29 is 4.79 Å². The number of rotatable bonds is 5. The highest BCUT2D eigenvalue weighted by atomic mass is 35.5. The van der Waals surface area contributed by atoms with Crippen molar-refractivity contribution in [1.82, 2.24) is 20.1 Å². The topological polar surface area (TPSA) is 63.1 Å². The lowest BCUT2D eigenvalue weighted by Crippen LogP contribution is -2.29. The van der Waals surface area contributed by atoms with E-state index in [4.69, 9.17) is 11.6 Å². The monoisotopic (exact) mass is 321 g/mol. The van der Waals surface area contributed by atoms with Crippen molar-refractivity contribution in [2.24, 2.45) is 0 Å². The number of hydrogen-bond acceptors (Lipinski definition) is 4. The van der Waals surface area contributed by atoms with Crippen LogP contribution in [0.1, 0.15) is 21.7 Å². The van der Waals surface area contributed by atoms with Crippen LogP contribution in [0.5, 0.6) is 0 Å². The van der Waals surface area contributed by atoms with Crippen LogP contribution in [0.25, 0.3) is 0 Å². The highest BCUT2D eigenvalue weighted by Gasteiger charge is 2.14. The molecular weight excluding hydrogens is 302 g/mol. The number of halogens is 1. The van der Waals surface area contributed by atoms with E-state index in [9.17, 15) is 4.79 Å². The van der Waals surface area contributed by atoms with Crippen molar-refractivity contribution in [2.75, 3.05) is 25.5 Å². The molecule has 0 atom stereocenters. The second-order valence-electron chi connectivity index (χ2n) is 5.23. The van der Waals surface area contributed by atoms with Gasteiger partial charge < -0.3 is 10.2 Å². The Kier molecular flexibility index (Phi) is 5.03. The SMILES string of the molecule is Cc1nn(CCNC(=O)c2cccnc2N(C)C)c(C)c1Cl. The minimum atomic E-state index is -0.149. The lowest BCUT2D eigenvalue weighted by Gasteiger charge is -2.15. The van der Waals surface area contributed by atoms with E-state index in [0.717, 1.165) is 11.4 Å². The molecule has 2 heterocycles. The predicted octanol–water partition coefficient (Wildman–Crippen LogP) is 2.04. The van der Waals surface area contributed by atoms with Gasteiger partial charge in [0.25, 0.3) is 5.91 Å². The van der Waals surface area contributed by atoms with E-state index in [0.29, 0.717) is 29.5 Å². The average Bonchev–Trinajstić information content (AvgIpc) is 2.74. The van der Waals surface area contributed by atoms with E-state index in [-0.39, 0.29) is 5.91 Å². The van der Waals surface area contributed by atoms with E-state index in [2.05, 4.69) is 15.4 Å². The van der Waals surface area contributed by atoms with Gasteiger partial charge in [0.05, 0.1) is 28.5 Å². The first-order chi connectivity index (χ1) is 10.4. The van der Waals surface area contributed by atoms with E-state index >= 15 is 0 Å². The van der Waals surface area contributed by atoms with Crippen molar-refractivity contribution in [2.45, 2.75) is 20.4 Å². The summed E-state index contributed by atoms with van der Waals surface area (Å²) in [6.45, 7) is 4.82. The van der Waals surface area contributed by atoms with Gasteiger partial charge in [0.2, 0.25) is 0 Å². The lowest BCUT2D eigenvalue weighted by molar-refractivity contribution is 0.0952. The van der Waals surface area contributed by atoms with Crippen LogP contribution in [0.3, 0.4) is 0 Å². The third-order valence-electron chi connectivity index (χ3n) is 3.36. The zero-order chi connectivity index (χ0) is 16.3. The molecule has 0 aliphatic carbocycles. The van der Waals surface area contributed by atoms with Crippen molar-refractivity contribution >= 4 is 23.3 Å². The average molecular weight is 322 g/mol. The summed E-state index contributed by atoms with van der Waals surface area (Å²) in [6, 6.07) is 3.51. The van der Waals surface area contributed by atoms with Gasteiger partial charge in [-0.25, -0.2) is 4.98 Å². The zero-order valence-electron chi connectivity index (χ0n) is 13.2. The molecule has 2 aromatic rings. The number of anilines is 1. The van der Waals surface area contributed by atoms with E-state index < -0.39 is 0 Å². The molecule has 0 bridgehead atoms. The highest BCUT2D eigenvalue weighted by Crippen LogP contribution is 2.18. The summed E-state index contributed by atoms with van der Waals surface area (Å²) in [5.41, 5.74) is 2.26. The van der Waals surface area contributed by atoms with Gasteiger partial charge in [-0.1, -0.05) is 11.6 Å². The number of carbonyl (C=O) groups is 1. The Hall–Kier alpha value is -2.08. The molecule has 0 spiro atoms. The number of carbonyl (C=O) groups excluding carboxylic acids is 1. The number of hydrogen-bond donors (Lipinski definition) is 1. The van der Waals surface area contributed by atoms with Crippen molar-refractivity contribution in [3.63, 3.8) is 0 Å². The van der Waals surface area contributed by atoms with Crippen molar-refractivity contribution in [1.29, 1.82) is 0 Å². The first-order valence-corrected chi connectivity index (χ1v) is 7.39. The molecule has 1 N–H and O–H groups in total. The molecule has 2 rings (SSSR count). The molecule has 0 fully saturated rings. The predicted molar refractivity (Wildman–Crippen MR) is 87.6 cm³/mol. The molecule has 0 aliphatic rings. The molecule has 118 valence electrons. The molecule has 7 heteroatoms. The Bertz CT molecular complexity index is 681. The van der Waals surface area contributed by atoms with Gasteiger partial charge >= 0.3 is 0 Å². The first-order valence-electron chi connectivity index (χ1n) is 7.02. The van der Waals surface area contributed by atoms with E-state index in [1.54, 1.807) is 23.0 Å². The normalized spacial score (nSPS) is 10.6. The smallest absolute Gasteiger partial charge is 0.255 e. The number of nitrogens with zero attached hydrogens (tertiary/aromatic N) is 4. The maximum absolute atomic E-state index is 12.3. The largest absolute Gasteiger partial charge is 0.362 e. The maximum atomic E-state index is 12.3. The summed E-state index contributed by atoms with van der Waals surface area (Å²) in [5, 5.41) is 7.90. The third kappa shape index (κ3) is 3.39. The zero-order valence-corrected chi connectivity index (χ0v) is 14.0. The summed E-state index contributed by atoms with van der Waals surface area (Å²) >= 11 is 6.11. The maximum Gasteiger partial charge on any atom is 0.255 e.